The molecule has 0 amide bonds. The summed E-state index contributed by atoms with van der Waals surface area (Å²) >= 11 is 0. The molecule has 1 aromatic rings. The first-order valence-corrected chi connectivity index (χ1v) is 22.2. The molecular formula is C47H80N2O2. The molecule has 2 aliphatic heterocycles. The van der Waals surface area contributed by atoms with Gasteiger partial charge in [-0.25, -0.2) is 0 Å². The lowest BCUT2D eigenvalue weighted by Gasteiger charge is -2.31. The van der Waals surface area contributed by atoms with Crippen molar-refractivity contribution in [3.8, 4) is 0 Å². The number of fused-ring (bicyclic) bond motifs is 1. The van der Waals surface area contributed by atoms with Crippen molar-refractivity contribution in [1.82, 2.24) is 9.88 Å². The monoisotopic (exact) mass is 705 g/mol. The molecule has 2 fully saturated rings. The normalized spacial score (nSPS) is 20.9. The molecule has 1 aromatic heterocycles. The minimum atomic E-state index is -0.344. The topological polar surface area (TPSA) is 34.6 Å². The Labute approximate surface area is 316 Å². The highest BCUT2D eigenvalue weighted by Crippen LogP contribution is 2.40. The molecule has 3 heterocycles. The average molecular weight is 705 g/mol. The van der Waals surface area contributed by atoms with Gasteiger partial charge >= 0.3 is 0 Å². The number of likely N-dealkylation sites (tertiary alicyclic amines) is 1. The van der Waals surface area contributed by atoms with Gasteiger partial charge < -0.3 is 9.47 Å². The Morgan fingerprint density at radius 1 is 0.569 bits per heavy atom. The van der Waals surface area contributed by atoms with Crippen LogP contribution in [0.15, 0.2) is 61.0 Å². The zero-order valence-corrected chi connectivity index (χ0v) is 33.6. The maximum Gasteiger partial charge on any atom is 0.169 e. The number of rotatable bonds is 33. The van der Waals surface area contributed by atoms with Crippen molar-refractivity contribution in [2.24, 2.45) is 0 Å². The Morgan fingerprint density at radius 3 is 1.49 bits per heavy atom. The fourth-order valence-corrected chi connectivity index (χ4v) is 7.85. The van der Waals surface area contributed by atoms with Crippen molar-refractivity contribution in [1.29, 1.82) is 0 Å². The van der Waals surface area contributed by atoms with Crippen molar-refractivity contribution in [2.75, 3.05) is 19.6 Å². The molecule has 0 radical (unpaired) electrons. The van der Waals surface area contributed by atoms with Gasteiger partial charge in [-0.05, 0) is 94.7 Å². The largest absolute Gasteiger partial charge is 0.343 e. The van der Waals surface area contributed by atoms with Crippen LogP contribution in [0.4, 0.5) is 0 Å². The molecule has 4 heteroatoms. The summed E-state index contributed by atoms with van der Waals surface area (Å²) in [7, 11) is 0. The second-order valence-electron chi connectivity index (χ2n) is 15.8. The summed E-state index contributed by atoms with van der Waals surface area (Å²) < 4.78 is 13.8. The SMILES string of the molecule is CCCCC/C=C\C/C=C\CCCCCCCCC1(CCCCCCCC/C=C\CCCCCCC)OC2CN(CCc3ccncc3)C[C@@H]2O1. The fraction of sp³-hybridized carbons (Fsp3) is 0.766. The fourth-order valence-electron chi connectivity index (χ4n) is 7.85. The number of ether oxygens (including phenoxy) is 2. The summed E-state index contributed by atoms with van der Waals surface area (Å²) in [5.41, 5.74) is 1.36. The lowest BCUT2D eigenvalue weighted by Crippen LogP contribution is -2.36. The number of pyridine rings is 1. The van der Waals surface area contributed by atoms with E-state index in [2.05, 4.69) is 72.3 Å². The van der Waals surface area contributed by atoms with Crippen LogP contribution in [0.5, 0.6) is 0 Å². The lowest BCUT2D eigenvalue weighted by atomic mass is 9.98. The van der Waals surface area contributed by atoms with Crippen molar-refractivity contribution in [3.05, 3.63) is 66.5 Å². The van der Waals surface area contributed by atoms with E-state index in [0.29, 0.717) is 0 Å². The molecular weight excluding hydrogens is 625 g/mol. The van der Waals surface area contributed by atoms with Crippen molar-refractivity contribution >= 4 is 0 Å². The molecule has 0 saturated carbocycles. The zero-order chi connectivity index (χ0) is 35.9. The third-order valence-electron chi connectivity index (χ3n) is 11.1. The Bertz CT molecular complexity index is 1010. The highest BCUT2D eigenvalue weighted by atomic mass is 16.8. The highest BCUT2D eigenvalue weighted by molar-refractivity contribution is 5.10. The van der Waals surface area contributed by atoms with Crippen molar-refractivity contribution in [2.45, 2.75) is 212 Å². The Morgan fingerprint density at radius 2 is 0.980 bits per heavy atom. The van der Waals surface area contributed by atoms with Crippen LogP contribution in [0.25, 0.3) is 0 Å². The summed E-state index contributed by atoms with van der Waals surface area (Å²) in [6, 6.07) is 4.27. The molecule has 0 bridgehead atoms. The van der Waals surface area contributed by atoms with E-state index in [-0.39, 0.29) is 18.0 Å². The quantitative estimate of drug-likeness (QED) is 0.0539. The summed E-state index contributed by atoms with van der Waals surface area (Å²) in [5, 5.41) is 0. The number of allylic oxidation sites excluding steroid dienone is 6. The molecule has 51 heavy (non-hydrogen) atoms. The molecule has 2 aliphatic rings. The van der Waals surface area contributed by atoms with E-state index < -0.39 is 0 Å². The van der Waals surface area contributed by atoms with E-state index in [9.17, 15) is 0 Å². The minimum Gasteiger partial charge on any atom is -0.343 e. The third-order valence-corrected chi connectivity index (χ3v) is 11.1. The maximum atomic E-state index is 6.90. The van der Waals surface area contributed by atoms with Crippen molar-refractivity contribution in [3.63, 3.8) is 0 Å². The first kappa shape index (κ1) is 43.7. The molecule has 0 spiro atoms. The smallest absolute Gasteiger partial charge is 0.169 e. The van der Waals surface area contributed by atoms with E-state index in [1.807, 2.05) is 12.4 Å². The van der Waals surface area contributed by atoms with Gasteiger partial charge in [-0.15, -0.1) is 0 Å². The van der Waals surface area contributed by atoms with Gasteiger partial charge in [0, 0.05) is 44.9 Å². The van der Waals surface area contributed by atoms with Gasteiger partial charge in [0.2, 0.25) is 0 Å². The van der Waals surface area contributed by atoms with Gasteiger partial charge in [0.1, 0.15) is 12.2 Å². The second-order valence-corrected chi connectivity index (χ2v) is 15.8. The number of aromatic nitrogens is 1. The summed E-state index contributed by atoms with van der Waals surface area (Å²) in [4.78, 5) is 6.71. The first-order chi connectivity index (χ1) is 25.2. The first-order valence-electron chi connectivity index (χ1n) is 22.2. The molecule has 2 unspecified atom stereocenters. The van der Waals surface area contributed by atoms with E-state index in [1.54, 1.807) is 0 Å². The standard InChI is InChI=1S/C47H80N2O2/c1-3-5-7-9-11-13-15-17-19-21-23-25-27-29-31-33-38-47(37-32-30-28-26-24-22-20-18-16-14-12-10-8-6-4-2)50-45-42-49(43-46(45)51-47)41-36-44-34-39-48-40-35-44/h11,13,16-19,34-35,39-40,45-46H,3-10,12,14-15,20-33,36-38,41-43H2,1-2H3/b13-11-,18-16-,19-17-/t45-,46?,47?/m0/s1. The molecule has 0 aliphatic carbocycles. The van der Waals surface area contributed by atoms with E-state index in [1.165, 1.54) is 160 Å². The van der Waals surface area contributed by atoms with E-state index >= 15 is 0 Å². The maximum absolute atomic E-state index is 6.90. The molecule has 0 N–H and O–H groups in total. The van der Waals surface area contributed by atoms with Gasteiger partial charge in [-0.3, -0.25) is 9.88 Å². The van der Waals surface area contributed by atoms with Crippen LogP contribution in [0.1, 0.15) is 193 Å². The zero-order valence-electron chi connectivity index (χ0n) is 33.6. The van der Waals surface area contributed by atoms with Crippen molar-refractivity contribution < 1.29 is 9.47 Å². The van der Waals surface area contributed by atoms with Gasteiger partial charge in [-0.1, -0.05) is 140 Å². The molecule has 3 rings (SSSR count). The number of hydrogen-bond acceptors (Lipinski definition) is 4. The number of nitrogens with zero attached hydrogens (tertiary/aromatic N) is 2. The number of hydrogen-bond donors (Lipinski definition) is 0. The number of unbranched alkanes of at least 4 members (excludes halogenated alkanes) is 20. The average Bonchev–Trinajstić information content (AvgIpc) is 3.68. The Kier molecular flexibility index (Phi) is 25.4. The van der Waals surface area contributed by atoms with E-state index in [4.69, 9.17) is 9.47 Å². The van der Waals surface area contributed by atoms with Crippen LogP contribution in [0.3, 0.4) is 0 Å². The predicted octanol–water partition coefficient (Wildman–Crippen LogP) is 13.7. The second kappa shape index (κ2) is 29.7. The Balaban J connectivity index is 1.28. The molecule has 0 aromatic carbocycles. The van der Waals surface area contributed by atoms with Gasteiger partial charge in [0.05, 0.1) is 0 Å². The minimum absolute atomic E-state index is 0.233. The summed E-state index contributed by atoms with van der Waals surface area (Å²) in [6.07, 6.45) is 54.6. The summed E-state index contributed by atoms with van der Waals surface area (Å²) in [5.74, 6) is -0.344. The van der Waals surface area contributed by atoms with E-state index in [0.717, 1.165) is 45.3 Å². The Hall–Kier alpha value is -1.75. The highest BCUT2D eigenvalue weighted by Gasteiger charge is 2.50. The van der Waals surface area contributed by atoms with Crippen LogP contribution in [0, 0.1) is 0 Å². The van der Waals surface area contributed by atoms with Crippen LogP contribution < -0.4 is 0 Å². The van der Waals surface area contributed by atoms with Gasteiger partial charge in [0.15, 0.2) is 5.79 Å². The lowest BCUT2D eigenvalue weighted by molar-refractivity contribution is -0.193. The predicted molar refractivity (Wildman–Crippen MR) is 220 cm³/mol. The molecule has 290 valence electrons. The van der Waals surface area contributed by atoms with Crippen LogP contribution in [-0.2, 0) is 15.9 Å². The van der Waals surface area contributed by atoms with Gasteiger partial charge in [-0.2, -0.15) is 0 Å². The summed E-state index contributed by atoms with van der Waals surface area (Å²) in [6.45, 7) is 7.65. The van der Waals surface area contributed by atoms with Gasteiger partial charge in [0.25, 0.3) is 0 Å². The van der Waals surface area contributed by atoms with Crippen LogP contribution in [-0.4, -0.2) is 47.5 Å². The molecule has 3 atom stereocenters. The molecule has 2 saturated heterocycles. The van der Waals surface area contributed by atoms with Crippen LogP contribution in [0.2, 0.25) is 0 Å². The molecule has 4 nitrogen and oxygen atoms in total. The third kappa shape index (κ3) is 20.9. The van der Waals surface area contributed by atoms with Crippen LogP contribution >= 0.6 is 0 Å².